The van der Waals surface area contributed by atoms with Gasteiger partial charge in [-0.2, -0.15) is 0 Å². The summed E-state index contributed by atoms with van der Waals surface area (Å²) in [5, 5.41) is 2.77. The third kappa shape index (κ3) is 3.77. The number of nitrogens with one attached hydrogen (secondary N) is 1. The average Bonchev–Trinajstić information content (AvgIpc) is 2.83. The summed E-state index contributed by atoms with van der Waals surface area (Å²) in [7, 11) is -0.828. The molecule has 24 heavy (non-hydrogen) atoms. The molecule has 0 atom stereocenters. The maximum atomic E-state index is 12.3. The Hall–Kier alpha value is -1.90. The zero-order chi connectivity index (χ0) is 18.1. The maximum Gasteiger partial charge on any atom is 0.253 e. The van der Waals surface area contributed by atoms with Crippen molar-refractivity contribution in [1.82, 2.24) is 14.6 Å². The van der Waals surface area contributed by atoms with Crippen molar-refractivity contribution in [3.05, 3.63) is 46.1 Å². The first-order valence-electron chi connectivity index (χ1n) is 7.06. The van der Waals surface area contributed by atoms with E-state index in [0.717, 1.165) is 10.00 Å². The Morgan fingerprint density at radius 1 is 1.33 bits per heavy atom. The van der Waals surface area contributed by atoms with Crippen LogP contribution in [0.5, 0.6) is 0 Å². The van der Waals surface area contributed by atoms with E-state index in [2.05, 4.69) is 10.3 Å². The summed E-state index contributed by atoms with van der Waals surface area (Å²) < 4.78 is 30.8. The van der Waals surface area contributed by atoms with Crippen molar-refractivity contribution in [2.75, 3.05) is 14.1 Å². The number of carbonyl (C=O) groups excluding carboxylic acids is 1. The lowest BCUT2D eigenvalue weighted by atomic mass is 10.2. The number of halogens is 1. The fourth-order valence-electron chi connectivity index (χ4n) is 1.92. The molecule has 0 fully saturated rings. The van der Waals surface area contributed by atoms with Crippen LogP contribution in [0.4, 0.5) is 0 Å². The second-order valence-corrected chi connectivity index (χ2v) is 7.92. The van der Waals surface area contributed by atoms with Crippen LogP contribution in [0.15, 0.2) is 27.5 Å². The van der Waals surface area contributed by atoms with Gasteiger partial charge in [0.2, 0.25) is 15.9 Å². The van der Waals surface area contributed by atoms with Crippen LogP contribution in [0.1, 0.15) is 27.7 Å². The lowest BCUT2D eigenvalue weighted by Crippen LogP contribution is -2.25. The maximum absolute atomic E-state index is 12.3. The molecule has 0 saturated carbocycles. The Labute approximate surface area is 145 Å². The van der Waals surface area contributed by atoms with Gasteiger partial charge in [-0.15, -0.1) is 0 Å². The standard InChI is InChI=1S/C15H18ClN3O4S/c1-9-10(2)23-14(18-9)8-17-15(20)12-7-11(5-6-13(12)16)24(21,22)19(3)4/h5-7H,8H2,1-4H3,(H,17,20). The predicted octanol–water partition coefficient (Wildman–Crippen LogP) is 2.13. The molecule has 0 bridgehead atoms. The van der Waals surface area contributed by atoms with E-state index >= 15 is 0 Å². The quantitative estimate of drug-likeness (QED) is 0.869. The molecule has 0 aliphatic heterocycles. The highest BCUT2D eigenvalue weighted by molar-refractivity contribution is 7.89. The number of amides is 1. The predicted molar refractivity (Wildman–Crippen MR) is 89.5 cm³/mol. The largest absolute Gasteiger partial charge is 0.444 e. The van der Waals surface area contributed by atoms with E-state index in [4.69, 9.17) is 16.0 Å². The minimum Gasteiger partial charge on any atom is -0.444 e. The van der Waals surface area contributed by atoms with Gasteiger partial charge in [-0.05, 0) is 32.0 Å². The molecule has 0 aliphatic carbocycles. The number of aromatic nitrogens is 1. The van der Waals surface area contributed by atoms with Crippen LogP contribution in [0.3, 0.4) is 0 Å². The van der Waals surface area contributed by atoms with Crippen molar-refractivity contribution in [2.24, 2.45) is 0 Å². The molecule has 7 nitrogen and oxygen atoms in total. The Morgan fingerprint density at radius 3 is 2.54 bits per heavy atom. The van der Waals surface area contributed by atoms with E-state index in [0.29, 0.717) is 11.7 Å². The summed E-state index contributed by atoms with van der Waals surface area (Å²) in [4.78, 5) is 16.5. The molecule has 0 spiro atoms. The molecular formula is C15H18ClN3O4S. The lowest BCUT2D eigenvalue weighted by molar-refractivity contribution is 0.0947. The third-order valence-electron chi connectivity index (χ3n) is 3.43. The molecule has 1 aromatic carbocycles. The van der Waals surface area contributed by atoms with Crippen molar-refractivity contribution in [3.63, 3.8) is 0 Å². The van der Waals surface area contributed by atoms with Crippen LogP contribution >= 0.6 is 11.6 Å². The fourth-order valence-corrected chi connectivity index (χ4v) is 3.05. The highest BCUT2D eigenvalue weighted by Gasteiger charge is 2.21. The molecule has 1 amide bonds. The van der Waals surface area contributed by atoms with E-state index in [1.807, 2.05) is 0 Å². The van der Waals surface area contributed by atoms with Gasteiger partial charge in [-0.25, -0.2) is 17.7 Å². The fraction of sp³-hybridized carbons (Fsp3) is 0.333. The van der Waals surface area contributed by atoms with E-state index in [9.17, 15) is 13.2 Å². The first-order valence-corrected chi connectivity index (χ1v) is 8.88. The number of oxazole rings is 1. The van der Waals surface area contributed by atoms with Crippen LogP contribution < -0.4 is 5.32 Å². The topological polar surface area (TPSA) is 92.5 Å². The van der Waals surface area contributed by atoms with Crippen molar-refractivity contribution in [1.29, 1.82) is 0 Å². The molecule has 1 heterocycles. The zero-order valence-electron chi connectivity index (χ0n) is 13.8. The van der Waals surface area contributed by atoms with Crippen LogP contribution in [0.25, 0.3) is 0 Å². The molecule has 0 unspecified atom stereocenters. The molecule has 0 aliphatic rings. The summed E-state index contributed by atoms with van der Waals surface area (Å²) in [6.07, 6.45) is 0. The van der Waals surface area contributed by atoms with E-state index in [-0.39, 0.29) is 22.0 Å². The molecule has 0 saturated heterocycles. The minimum atomic E-state index is -3.66. The molecular weight excluding hydrogens is 354 g/mol. The summed E-state index contributed by atoms with van der Waals surface area (Å²) in [6, 6.07) is 3.99. The van der Waals surface area contributed by atoms with E-state index in [1.165, 1.54) is 32.3 Å². The highest BCUT2D eigenvalue weighted by atomic mass is 35.5. The van der Waals surface area contributed by atoms with Gasteiger partial charge >= 0.3 is 0 Å². The Morgan fingerprint density at radius 2 is 2.00 bits per heavy atom. The summed E-state index contributed by atoms with van der Waals surface area (Å²) in [5.41, 5.74) is 0.816. The number of carbonyl (C=O) groups is 1. The molecule has 1 N–H and O–H groups in total. The van der Waals surface area contributed by atoms with Crippen molar-refractivity contribution < 1.29 is 17.6 Å². The smallest absolute Gasteiger partial charge is 0.253 e. The molecule has 9 heteroatoms. The normalized spacial score (nSPS) is 11.8. The SMILES string of the molecule is Cc1nc(CNC(=O)c2cc(S(=O)(=O)N(C)C)ccc2Cl)oc1C. The van der Waals surface area contributed by atoms with Crippen LogP contribution in [-0.2, 0) is 16.6 Å². The number of rotatable bonds is 5. The van der Waals surface area contributed by atoms with E-state index in [1.54, 1.807) is 13.8 Å². The van der Waals surface area contributed by atoms with Gasteiger partial charge in [0.15, 0.2) is 0 Å². The second kappa shape index (κ2) is 6.92. The van der Waals surface area contributed by atoms with E-state index < -0.39 is 15.9 Å². The summed E-state index contributed by atoms with van der Waals surface area (Å²) >= 11 is 6.02. The molecule has 0 radical (unpaired) electrons. The first kappa shape index (κ1) is 18.4. The molecule has 130 valence electrons. The van der Waals surface area contributed by atoms with Gasteiger partial charge < -0.3 is 9.73 Å². The highest BCUT2D eigenvalue weighted by Crippen LogP contribution is 2.22. The zero-order valence-corrected chi connectivity index (χ0v) is 15.3. The van der Waals surface area contributed by atoms with Crippen LogP contribution in [-0.4, -0.2) is 37.7 Å². The van der Waals surface area contributed by atoms with Crippen LogP contribution in [0.2, 0.25) is 5.02 Å². The lowest BCUT2D eigenvalue weighted by Gasteiger charge is -2.13. The molecule has 1 aromatic heterocycles. The summed E-state index contributed by atoms with van der Waals surface area (Å²) in [5.74, 6) is 0.534. The van der Waals surface area contributed by atoms with Gasteiger partial charge in [0.25, 0.3) is 5.91 Å². The molecule has 2 rings (SSSR count). The number of aryl methyl sites for hydroxylation is 2. The van der Waals surface area contributed by atoms with Gasteiger partial charge in [-0.1, -0.05) is 11.6 Å². The Bertz CT molecular complexity index is 855. The first-order chi connectivity index (χ1) is 11.1. The minimum absolute atomic E-state index is 0.00939. The summed E-state index contributed by atoms with van der Waals surface area (Å²) in [6.45, 7) is 3.66. The monoisotopic (exact) mass is 371 g/mol. The third-order valence-corrected chi connectivity index (χ3v) is 5.57. The van der Waals surface area contributed by atoms with Crippen molar-refractivity contribution in [3.8, 4) is 0 Å². The van der Waals surface area contributed by atoms with Gasteiger partial charge in [0.05, 0.1) is 27.7 Å². The number of hydrogen-bond acceptors (Lipinski definition) is 5. The molecule has 2 aromatic rings. The van der Waals surface area contributed by atoms with Gasteiger partial charge in [-0.3, -0.25) is 4.79 Å². The average molecular weight is 372 g/mol. The number of nitrogens with zero attached hydrogens (tertiary/aromatic N) is 2. The Balaban J connectivity index is 2.23. The van der Waals surface area contributed by atoms with Gasteiger partial charge in [0.1, 0.15) is 5.76 Å². The van der Waals surface area contributed by atoms with Crippen LogP contribution in [0, 0.1) is 13.8 Å². The Kier molecular flexibility index (Phi) is 5.32. The van der Waals surface area contributed by atoms with Gasteiger partial charge in [0, 0.05) is 14.1 Å². The van der Waals surface area contributed by atoms with Crippen molar-refractivity contribution >= 4 is 27.5 Å². The van der Waals surface area contributed by atoms with Crippen molar-refractivity contribution in [2.45, 2.75) is 25.3 Å². The number of hydrogen-bond donors (Lipinski definition) is 1. The number of sulfonamides is 1. The number of benzene rings is 1. The second-order valence-electron chi connectivity index (χ2n) is 5.36.